The van der Waals surface area contributed by atoms with Crippen LogP contribution >= 0.6 is 11.6 Å². The molecule has 1 amide bonds. The fourth-order valence-corrected chi connectivity index (χ4v) is 3.79. The van der Waals surface area contributed by atoms with Crippen LogP contribution in [0.4, 0.5) is 13.2 Å². The summed E-state index contributed by atoms with van der Waals surface area (Å²) in [6.07, 6.45) is -0.000115. The Labute approximate surface area is 169 Å². The van der Waals surface area contributed by atoms with Gasteiger partial charge in [0.25, 0.3) is 0 Å². The number of hydrogen-bond donors (Lipinski definition) is 1. The standard InChI is InChI=1S/C19H18ClF3N4O2/c20-13-3-5-14(6-4-13)27-10-12(9-16(27)28)18-24-17(25-26-18)11-1-7-15(8-2-11)29-19(21,22)23/h1-2,5,7-8,12-13H,3-4,6,9-10H2,(H,24,25,26). The first kappa shape index (κ1) is 19.8. The number of halogens is 4. The first-order chi connectivity index (χ1) is 13.8. The van der Waals surface area contributed by atoms with Gasteiger partial charge in [0.2, 0.25) is 5.91 Å². The van der Waals surface area contributed by atoms with E-state index in [1.165, 1.54) is 24.3 Å². The Bertz CT molecular complexity index is 926. The highest BCUT2D eigenvalue weighted by molar-refractivity contribution is 6.20. The van der Waals surface area contributed by atoms with E-state index in [-0.39, 0.29) is 23.0 Å². The minimum absolute atomic E-state index is 0.0425. The number of allylic oxidation sites excluding steroid dienone is 2. The molecule has 1 aromatic heterocycles. The van der Waals surface area contributed by atoms with Crippen LogP contribution in [0.1, 0.15) is 37.4 Å². The fraction of sp³-hybridized carbons (Fsp3) is 0.421. The van der Waals surface area contributed by atoms with E-state index < -0.39 is 6.36 Å². The molecule has 154 valence electrons. The molecule has 1 saturated heterocycles. The third-order valence-corrected chi connectivity index (χ3v) is 5.43. The molecule has 2 atom stereocenters. The number of H-pyrrole nitrogens is 1. The predicted octanol–water partition coefficient (Wildman–Crippen LogP) is 4.36. The zero-order chi connectivity index (χ0) is 20.6. The smallest absolute Gasteiger partial charge is 0.406 e. The lowest BCUT2D eigenvalue weighted by molar-refractivity contribution is -0.274. The highest BCUT2D eigenvalue weighted by Gasteiger charge is 2.35. The third-order valence-electron chi connectivity index (χ3n) is 5.03. The average Bonchev–Trinajstić information content (AvgIpc) is 3.29. The van der Waals surface area contributed by atoms with E-state index in [1.54, 1.807) is 4.90 Å². The number of benzene rings is 1. The normalized spacial score (nSPS) is 22.7. The number of rotatable bonds is 4. The van der Waals surface area contributed by atoms with Gasteiger partial charge in [-0.15, -0.1) is 24.8 Å². The Morgan fingerprint density at radius 2 is 2.00 bits per heavy atom. The predicted molar refractivity (Wildman–Crippen MR) is 99.1 cm³/mol. The number of carbonyl (C=O) groups is 1. The van der Waals surface area contributed by atoms with Gasteiger partial charge in [0.15, 0.2) is 5.82 Å². The molecule has 2 unspecified atom stereocenters. The maximum absolute atomic E-state index is 12.5. The summed E-state index contributed by atoms with van der Waals surface area (Å²) < 4.78 is 40.7. The summed E-state index contributed by atoms with van der Waals surface area (Å²) in [5.74, 6) is 0.547. The van der Waals surface area contributed by atoms with E-state index in [2.05, 4.69) is 19.9 Å². The van der Waals surface area contributed by atoms with Gasteiger partial charge in [0.1, 0.15) is 11.6 Å². The molecule has 1 fully saturated rings. The number of nitrogens with one attached hydrogen (secondary N) is 1. The fourth-order valence-electron chi connectivity index (χ4n) is 3.59. The van der Waals surface area contributed by atoms with E-state index in [0.717, 1.165) is 25.0 Å². The van der Waals surface area contributed by atoms with E-state index >= 15 is 0 Å². The third kappa shape index (κ3) is 4.55. The number of ether oxygens (including phenoxy) is 1. The van der Waals surface area contributed by atoms with Crippen molar-refractivity contribution in [2.75, 3.05) is 6.54 Å². The van der Waals surface area contributed by atoms with Crippen LogP contribution in [0.15, 0.2) is 36.0 Å². The van der Waals surface area contributed by atoms with Crippen LogP contribution in [0.3, 0.4) is 0 Å². The second-order valence-electron chi connectivity index (χ2n) is 7.09. The zero-order valence-corrected chi connectivity index (χ0v) is 16.0. The molecule has 6 nitrogen and oxygen atoms in total. The van der Waals surface area contributed by atoms with Crippen molar-refractivity contribution in [2.24, 2.45) is 0 Å². The Hall–Kier alpha value is -2.55. The monoisotopic (exact) mass is 426 g/mol. The first-order valence-electron chi connectivity index (χ1n) is 9.20. The number of hydrogen-bond acceptors (Lipinski definition) is 4. The van der Waals surface area contributed by atoms with Crippen LogP contribution in [0.5, 0.6) is 5.75 Å². The molecule has 1 aromatic carbocycles. The minimum Gasteiger partial charge on any atom is -0.406 e. The van der Waals surface area contributed by atoms with Crippen LogP contribution in [0, 0.1) is 0 Å². The molecule has 1 aliphatic heterocycles. The molecular formula is C19H18ClF3N4O2. The Balaban J connectivity index is 1.45. The van der Waals surface area contributed by atoms with Crippen molar-refractivity contribution in [1.82, 2.24) is 20.1 Å². The van der Waals surface area contributed by atoms with Crippen molar-refractivity contribution in [3.8, 4) is 17.1 Å². The molecule has 0 spiro atoms. The number of likely N-dealkylation sites (tertiary alicyclic amines) is 1. The highest BCUT2D eigenvalue weighted by Crippen LogP contribution is 2.34. The summed E-state index contributed by atoms with van der Waals surface area (Å²) >= 11 is 6.12. The van der Waals surface area contributed by atoms with Crippen LogP contribution in [0.25, 0.3) is 11.4 Å². The van der Waals surface area contributed by atoms with Crippen molar-refractivity contribution in [1.29, 1.82) is 0 Å². The number of carbonyl (C=O) groups excluding carboxylic acids is 1. The van der Waals surface area contributed by atoms with Gasteiger partial charge < -0.3 is 9.64 Å². The van der Waals surface area contributed by atoms with Gasteiger partial charge in [-0.05, 0) is 43.5 Å². The van der Waals surface area contributed by atoms with Crippen LogP contribution in [-0.4, -0.2) is 44.3 Å². The second-order valence-corrected chi connectivity index (χ2v) is 7.71. The molecule has 2 aromatic rings. The van der Waals surface area contributed by atoms with Crippen molar-refractivity contribution < 1.29 is 22.7 Å². The van der Waals surface area contributed by atoms with Crippen LogP contribution in [-0.2, 0) is 4.79 Å². The van der Waals surface area contributed by atoms with E-state index in [1.807, 2.05) is 6.08 Å². The summed E-state index contributed by atoms with van der Waals surface area (Å²) in [7, 11) is 0. The number of aromatic amines is 1. The van der Waals surface area contributed by atoms with Crippen LogP contribution < -0.4 is 4.74 Å². The molecule has 10 heteroatoms. The maximum atomic E-state index is 12.5. The van der Waals surface area contributed by atoms with E-state index in [9.17, 15) is 18.0 Å². The Morgan fingerprint density at radius 1 is 1.24 bits per heavy atom. The Morgan fingerprint density at radius 3 is 2.66 bits per heavy atom. The molecule has 2 aliphatic rings. The summed E-state index contributed by atoms with van der Waals surface area (Å²) in [4.78, 5) is 18.7. The van der Waals surface area contributed by atoms with Gasteiger partial charge in [-0.2, -0.15) is 5.10 Å². The lowest BCUT2D eigenvalue weighted by Crippen LogP contribution is -2.26. The number of aromatic nitrogens is 3. The molecule has 29 heavy (non-hydrogen) atoms. The largest absolute Gasteiger partial charge is 0.573 e. The SMILES string of the molecule is O=C1CC(c2nc(-c3ccc(OC(F)(F)F)cc3)n[nH]2)CN1C1=CCC(Cl)CC1. The first-order valence-corrected chi connectivity index (χ1v) is 9.64. The van der Waals surface area contributed by atoms with Gasteiger partial charge in [0.05, 0.1) is 0 Å². The lowest BCUT2D eigenvalue weighted by Gasteiger charge is -2.25. The van der Waals surface area contributed by atoms with Crippen molar-refractivity contribution in [3.05, 3.63) is 41.9 Å². The topological polar surface area (TPSA) is 71.1 Å². The molecular weight excluding hydrogens is 409 g/mol. The van der Waals surface area contributed by atoms with Gasteiger partial charge in [-0.1, -0.05) is 6.08 Å². The number of amides is 1. The molecule has 0 bridgehead atoms. The van der Waals surface area contributed by atoms with Crippen molar-refractivity contribution in [3.63, 3.8) is 0 Å². The second kappa shape index (κ2) is 7.70. The van der Waals surface area contributed by atoms with Gasteiger partial charge in [0, 0.05) is 35.5 Å². The van der Waals surface area contributed by atoms with E-state index in [0.29, 0.717) is 30.2 Å². The quantitative estimate of drug-likeness (QED) is 0.737. The van der Waals surface area contributed by atoms with Gasteiger partial charge in [-0.3, -0.25) is 9.89 Å². The molecule has 4 rings (SSSR count). The average molecular weight is 427 g/mol. The van der Waals surface area contributed by atoms with Gasteiger partial charge >= 0.3 is 6.36 Å². The summed E-state index contributed by atoms with van der Waals surface area (Å²) in [5, 5.41) is 7.13. The summed E-state index contributed by atoms with van der Waals surface area (Å²) in [6.45, 7) is 0.518. The van der Waals surface area contributed by atoms with Crippen LogP contribution in [0.2, 0.25) is 0 Å². The summed E-state index contributed by atoms with van der Waals surface area (Å²) in [6, 6.07) is 5.32. The number of alkyl halides is 4. The molecule has 2 heterocycles. The lowest BCUT2D eigenvalue weighted by atomic mass is 10.0. The van der Waals surface area contributed by atoms with Crippen molar-refractivity contribution in [2.45, 2.75) is 43.3 Å². The molecule has 1 aliphatic carbocycles. The molecule has 0 saturated carbocycles. The van der Waals surface area contributed by atoms with E-state index in [4.69, 9.17) is 11.6 Å². The highest BCUT2D eigenvalue weighted by atomic mass is 35.5. The maximum Gasteiger partial charge on any atom is 0.573 e. The zero-order valence-electron chi connectivity index (χ0n) is 15.2. The Kier molecular flexibility index (Phi) is 5.24. The minimum atomic E-state index is -4.74. The van der Waals surface area contributed by atoms with Gasteiger partial charge in [-0.25, -0.2) is 4.98 Å². The molecule has 0 radical (unpaired) electrons. The summed E-state index contributed by atoms with van der Waals surface area (Å²) in [5.41, 5.74) is 1.56. The van der Waals surface area contributed by atoms with Crippen molar-refractivity contribution >= 4 is 17.5 Å². The molecule has 1 N–H and O–H groups in total. The number of nitrogens with zero attached hydrogens (tertiary/aromatic N) is 3.